The highest BCUT2D eigenvalue weighted by Crippen LogP contribution is 2.35. The molecule has 0 spiro atoms. The predicted molar refractivity (Wildman–Crippen MR) is 109 cm³/mol. The molecule has 0 saturated carbocycles. The van der Waals surface area contributed by atoms with Crippen LogP contribution in [0.5, 0.6) is 0 Å². The van der Waals surface area contributed by atoms with Crippen molar-refractivity contribution in [3.05, 3.63) is 22.3 Å². The van der Waals surface area contributed by atoms with Crippen LogP contribution in [0.25, 0.3) is 0 Å². The molecule has 1 unspecified atom stereocenters. The minimum absolute atomic E-state index is 0.0604. The quantitative estimate of drug-likeness (QED) is 0.720. The van der Waals surface area contributed by atoms with Gasteiger partial charge in [-0.3, -0.25) is 4.21 Å². The molecule has 2 aromatic heterocycles. The van der Waals surface area contributed by atoms with E-state index in [1.165, 1.54) is 11.5 Å². The first-order chi connectivity index (χ1) is 14.1. The van der Waals surface area contributed by atoms with Crippen molar-refractivity contribution in [2.75, 3.05) is 42.3 Å². The Labute approximate surface area is 174 Å². The lowest BCUT2D eigenvalue weighted by Crippen LogP contribution is -2.46. The van der Waals surface area contributed by atoms with Crippen molar-refractivity contribution in [1.82, 2.24) is 14.3 Å². The van der Waals surface area contributed by atoms with Gasteiger partial charge in [0.05, 0.1) is 27.8 Å². The van der Waals surface area contributed by atoms with E-state index in [1.807, 2.05) is 4.90 Å². The van der Waals surface area contributed by atoms with Crippen molar-refractivity contribution in [1.29, 1.82) is 0 Å². The van der Waals surface area contributed by atoms with Gasteiger partial charge in [-0.1, -0.05) is 0 Å². The van der Waals surface area contributed by atoms with E-state index in [-0.39, 0.29) is 17.5 Å². The number of fused-ring (bicyclic) bond motifs is 1. The molecule has 2 fully saturated rings. The van der Waals surface area contributed by atoms with Gasteiger partial charge in [-0.15, -0.1) is 0 Å². The van der Waals surface area contributed by atoms with Crippen LogP contribution >= 0.6 is 11.5 Å². The molecular formula is C18H21N5O4S2. The fourth-order valence-electron chi connectivity index (χ4n) is 3.97. The molecule has 0 bridgehead atoms. The third-order valence-electron chi connectivity index (χ3n) is 5.62. The molecule has 0 radical (unpaired) electrons. The lowest BCUT2D eigenvalue weighted by atomic mass is 9.94. The maximum absolute atomic E-state index is 12.5. The van der Waals surface area contributed by atoms with Crippen LogP contribution in [0.1, 0.15) is 40.5 Å². The average molecular weight is 436 g/mol. The van der Waals surface area contributed by atoms with Gasteiger partial charge in [-0.2, -0.15) is 9.36 Å². The molecule has 5 heterocycles. The number of hydrogen-bond donors (Lipinski definition) is 2. The Morgan fingerprint density at radius 3 is 2.86 bits per heavy atom. The van der Waals surface area contributed by atoms with Crippen LogP contribution in [0.15, 0.2) is 10.3 Å². The Morgan fingerprint density at radius 1 is 1.31 bits per heavy atom. The number of hydrogen-bond acceptors (Lipinski definition) is 9. The number of carboxylic acid groups (broad SMARTS) is 1. The summed E-state index contributed by atoms with van der Waals surface area (Å²) >= 11 is 1.17. The zero-order valence-corrected chi connectivity index (χ0v) is 17.3. The molecule has 2 N–H and O–H groups in total. The van der Waals surface area contributed by atoms with Gasteiger partial charge in [-0.05, 0) is 24.4 Å². The van der Waals surface area contributed by atoms with Crippen LogP contribution in [0.2, 0.25) is 0 Å². The number of aryl methyl sites for hydroxylation is 1. The molecular weight excluding hydrogens is 414 g/mol. The second-order valence-corrected chi connectivity index (χ2v) is 9.64. The summed E-state index contributed by atoms with van der Waals surface area (Å²) < 4.78 is 22.2. The molecule has 3 aliphatic rings. The molecule has 9 nitrogen and oxygen atoms in total. The highest BCUT2D eigenvalue weighted by Gasteiger charge is 2.36. The standard InChI is InChI=1S/C18H21N5O4S2/c24-17(25)12-9-28-22-14(12)10-7-23(8-10)18-20-13-3-6-29(26)15(13)16(21-18)19-11-1-4-27-5-2-11/h9-11H,1-8H2,(H,24,25)(H,19,20,21). The smallest absolute Gasteiger partial charge is 0.338 e. The number of anilines is 2. The van der Waals surface area contributed by atoms with Gasteiger partial charge in [0, 0.05) is 55.8 Å². The third-order valence-corrected chi connectivity index (χ3v) is 7.72. The summed E-state index contributed by atoms with van der Waals surface area (Å²) in [4.78, 5) is 23.5. The van der Waals surface area contributed by atoms with Gasteiger partial charge in [0.25, 0.3) is 0 Å². The van der Waals surface area contributed by atoms with E-state index in [4.69, 9.17) is 9.72 Å². The Balaban J connectivity index is 1.37. The summed E-state index contributed by atoms with van der Waals surface area (Å²) in [6.07, 6.45) is 2.48. The summed E-state index contributed by atoms with van der Waals surface area (Å²) in [5, 5.41) is 14.4. The average Bonchev–Trinajstić information content (AvgIpc) is 3.29. The molecule has 0 aromatic carbocycles. The van der Waals surface area contributed by atoms with E-state index in [2.05, 4.69) is 14.7 Å². The van der Waals surface area contributed by atoms with Gasteiger partial charge in [-0.25, -0.2) is 9.78 Å². The monoisotopic (exact) mass is 435 g/mol. The molecule has 0 aliphatic carbocycles. The fraction of sp³-hybridized carbons (Fsp3) is 0.556. The molecule has 3 aliphatic heterocycles. The SMILES string of the molecule is O=C(O)c1csnc1C1CN(c2nc3c(c(NC4CCOCC4)n2)S(=O)CC3)C1. The maximum atomic E-state index is 12.5. The molecule has 2 saturated heterocycles. The summed E-state index contributed by atoms with van der Waals surface area (Å²) in [5.74, 6) is 0.993. The van der Waals surface area contributed by atoms with Crippen molar-refractivity contribution >= 4 is 40.1 Å². The minimum Gasteiger partial charge on any atom is -0.478 e. The first kappa shape index (κ1) is 18.9. The summed E-state index contributed by atoms with van der Waals surface area (Å²) in [7, 11) is -1.07. The van der Waals surface area contributed by atoms with Crippen molar-refractivity contribution in [2.45, 2.75) is 36.1 Å². The van der Waals surface area contributed by atoms with Gasteiger partial charge in [0.2, 0.25) is 5.95 Å². The zero-order chi connectivity index (χ0) is 20.0. The van der Waals surface area contributed by atoms with Gasteiger partial charge < -0.3 is 20.1 Å². The molecule has 1 atom stereocenters. The second kappa shape index (κ2) is 7.62. The Kier molecular flexibility index (Phi) is 4.96. The lowest BCUT2D eigenvalue weighted by molar-refractivity contribution is 0.0695. The number of aromatic nitrogens is 3. The second-order valence-electron chi connectivity index (χ2n) is 7.50. The topological polar surface area (TPSA) is 118 Å². The fourth-order valence-corrected chi connectivity index (χ4v) is 6.03. The highest BCUT2D eigenvalue weighted by atomic mass is 32.2. The number of carboxylic acids is 1. The summed E-state index contributed by atoms with van der Waals surface area (Å²) in [6, 6.07) is 0.255. The number of ether oxygens (including phenoxy) is 1. The molecule has 29 heavy (non-hydrogen) atoms. The van der Waals surface area contributed by atoms with Crippen LogP contribution in [0.4, 0.5) is 11.8 Å². The van der Waals surface area contributed by atoms with E-state index in [9.17, 15) is 14.1 Å². The number of carbonyl (C=O) groups is 1. The van der Waals surface area contributed by atoms with Crippen LogP contribution in [-0.2, 0) is 22.0 Å². The zero-order valence-electron chi connectivity index (χ0n) is 15.7. The number of nitrogens with one attached hydrogen (secondary N) is 1. The van der Waals surface area contributed by atoms with E-state index in [0.717, 1.165) is 23.4 Å². The largest absolute Gasteiger partial charge is 0.478 e. The minimum atomic E-state index is -1.07. The molecule has 5 rings (SSSR count). The van der Waals surface area contributed by atoms with E-state index in [1.54, 1.807) is 5.38 Å². The van der Waals surface area contributed by atoms with Gasteiger partial charge in [0.15, 0.2) is 0 Å². The van der Waals surface area contributed by atoms with Crippen molar-refractivity contribution in [3.63, 3.8) is 0 Å². The van der Waals surface area contributed by atoms with Crippen LogP contribution in [-0.4, -0.2) is 67.7 Å². The maximum Gasteiger partial charge on any atom is 0.338 e. The predicted octanol–water partition coefficient (Wildman–Crippen LogP) is 1.49. The van der Waals surface area contributed by atoms with Crippen molar-refractivity contribution in [2.24, 2.45) is 0 Å². The molecule has 154 valence electrons. The first-order valence-corrected chi connectivity index (χ1v) is 11.8. The van der Waals surface area contributed by atoms with Crippen LogP contribution < -0.4 is 10.2 Å². The molecule has 2 aromatic rings. The van der Waals surface area contributed by atoms with Crippen molar-refractivity contribution in [3.8, 4) is 0 Å². The Bertz CT molecular complexity index is 969. The van der Waals surface area contributed by atoms with Crippen LogP contribution in [0, 0.1) is 0 Å². The van der Waals surface area contributed by atoms with Gasteiger partial charge >= 0.3 is 5.97 Å². The van der Waals surface area contributed by atoms with Crippen LogP contribution in [0.3, 0.4) is 0 Å². The summed E-state index contributed by atoms with van der Waals surface area (Å²) in [6.45, 7) is 2.69. The number of nitrogens with zero attached hydrogens (tertiary/aromatic N) is 4. The van der Waals surface area contributed by atoms with E-state index in [0.29, 0.717) is 55.9 Å². The number of rotatable bonds is 5. The summed E-state index contributed by atoms with van der Waals surface area (Å²) in [5.41, 5.74) is 1.78. The van der Waals surface area contributed by atoms with Gasteiger partial charge in [0.1, 0.15) is 10.7 Å². The Hall–Kier alpha value is -2.11. The van der Waals surface area contributed by atoms with E-state index >= 15 is 0 Å². The van der Waals surface area contributed by atoms with E-state index < -0.39 is 16.8 Å². The normalized spacial score (nSPS) is 22.3. The molecule has 11 heteroatoms. The first-order valence-electron chi connectivity index (χ1n) is 9.66. The number of aromatic carboxylic acids is 1. The third kappa shape index (κ3) is 3.51. The molecule has 0 amide bonds. The lowest BCUT2D eigenvalue weighted by Gasteiger charge is -2.39. The Morgan fingerprint density at radius 2 is 2.10 bits per heavy atom. The highest BCUT2D eigenvalue weighted by molar-refractivity contribution is 7.85. The van der Waals surface area contributed by atoms with Crippen molar-refractivity contribution < 1.29 is 18.8 Å².